The van der Waals surface area contributed by atoms with Crippen molar-refractivity contribution in [2.45, 2.75) is 31.2 Å². The number of carbonyl (C=O) groups excluding carboxylic acids is 2. The Bertz CT molecular complexity index is 1040. The monoisotopic (exact) mass is 415 g/mol. The second kappa shape index (κ2) is 7.96. The highest BCUT2D eigenvalue weighted by Crippen LogP contribution is 2.32. The highest BCUT2D eigenvalue weighted by molar-refractivity contribution is 7.90. The van der Waals surface area contributed by atoms with Gasteiger partial charge in [-0.25, -0.2) is 12.7 Å². The summed E-state index contributed by atoms with van der Waals surface area (Å²) in [6, 6.07) is 11.2. The number of carbonyl (C=O) groups is 2. The molecule has 8 heteroatoms. The summed E-state index contributed by atoms with van der Waals surface area (Å²) in [6.07, 6.45) is 0.907. The quantitative estimate of drug-likeness (QED) is 0.784. The van der Waals surface area contributed by atoms with Crippen molar-refractivity contribution in [3.8, 4) is 0 Å². The fraction of sp³-hybridized carbons (Fsp3) is 0.333. The summed E-state index contributed by atoms with van der Waals surface area (Å²) >= 11 is 0. The summed E-state index contributed by atoms with van der Waals surface area (Å²) in [5.41, 5.74) is 2.06. The average molecular weight is 416 g/mol. The molecule has 0 saturated carbocycles. The molecule has 0 bridgehead atoms. The second-order valence-corrected chi connectivity index (χ2v) is 9.40. The van der Waals surface area contributed by atoms with Crippen LogP contribution >= 0.6 is 0 Å². The highest BCUT2D eigenvalue weighted by atomic mass is 32.2. The van der Waals surface area contributed by atoms with E-state index in [1.807, 2.05) is 38.4 Å². The van der Waals surface area contributed by atoms with Gasteiger partial charge in [-0.05, 0) is 70.3 Å². The van der Waals surface area contributed by atoms with E-state index in [2.05, 4.69) is 10.2 Å². The molecule has 1 N–H and O–H groups in total. The van der Waals surface area contributed by atoms with Crippen molar-refractivity contribution in [2.24, 2.45) is 0 Å². The number of likely N-dealkylation sites (N-methyl/N-ethyl adjacent to an activating group) is 1. The summed E-state index contributed by atoms with van der Waals surface area (Å²) in [7, 11) is 0.0836. The van der Waals surface area contributed by atoms with Gasteiger partial charge in [-0.1, -0.05) is 12.1 Å². The van der Waals surface area contributed by atoms with E-state index >= 15 is 0 Å². The molecule has 0 spiro atoms. The fourth-order valence-corrected chi connectivity index (χ4v) is 5.00. The number of nitrogens with zero attached hydrogens (tertiary/aromatic N) is 2. The van der Waals surface area contributed by atoms with Crippen LogP contribution in [-0.4, -0.2) is 56.1 Å². The fourth-order valence-electron chi connectivity index (χ4n) is 3.21. The molecule has 1 aliphatic rings. The van der Waals surface area contributed by atoms with Crippen LogP contribution < -0.4 is 5.32 Å². The number of fused-ring (bicyclic) bond motifs is 1. The molecule has 0 fully saturated rings. The summed E-state index contributed by atoms with van der Waals surface area (Å²) in [4.78, 5) is 27.0. The van der Waals surface area contributed by atoms with E-state index in [0.717, 1.165) is 22.8 Å². The number of anilines is 1. The normalized spacial score (nSPS) is 15.1. The molecule has 2 aromatic carbocycles. The van der Waals surface area contributed by atoms with Crippen LogP contribution in [0.5, 0.6) is 0 Å². The lowest BCUT2D eigenvalue weighted by atomic mass is 10.1. The Kier molecular flexibility index (Phi) is 5.77. The molecule has 7 nitrogen and oxygen atoms in total. The molecule has 0 aromatic heterocycles. The average Bonchev–Trinajstić information content (AvgIpc) is 2.86. The van der Waals surface area contributed by atoms with Gasteiger partial charge < -0.3 is 10.2 Å². The number of sulfonamides is 1. The molecule has 29 heavy (non-hydrogen) atoms. The lowest BCUT2D eigenvalue weighted by Gasteiger charge is -2.18. The number of rotatable bonds is 6. The van der Waals surface area contributed by atoms with Crippen molar-refractivity contribution in [1.29, 1.82) is 0 Å². The largest absolute Gasteiger partial charge is 0.322 e. The molecule has 1 aliphatic heterocycles. The van der Waals surface area contributed by atoms with Gasteiger partial charge in [0.2, 0.25) is 0 Å². The van der Waals surface area contributed by atoms with E-state index in [4.69, 9.17) is 0 Å². The molecule has 0 saturated heterocycles. The van der Waals surface area contributed by atoms with E-state index in [1.54, 1.807) is 13.8 Å². The van der Waals surface area contributed by atoms with Crippen LogP contribution in [0.1, 0.15) is 40.1 Å². The maximum atomic E-state index is 12.7. The van der Waals surface area contributed by atoms with Crippen LogP contribution in [0.25, 0.3) is 0 Å². The van der Waals surface area contributed by atoms with Crippen LogP contribution in [-0.2, 0) is 16.4 Å². The topological polar surface area (TPSA) is 86.8 Å². The van der Waals surface area contributed by atoms with Gasteiger partial charge in [0.05, 0.1) is 5.56 Å². The van der Waals surface area contributed by atoms with E-state index < -0.39 is 27.9 Å². The molecule has 2 amide bonds. The van der Waals surface area contributed by atoms with Crippen molar-refractivity contribution in [1.82, 2.24) is 9.21 Å². The van der Waals surface area contributed by atoms with Crippen molar-refractivity contribution in [2.75, 3.05) is 26.0 Å². The lowest BCUT2D eigenvalue weighted by molar-refractivity contribution is 0.0846. The Hall–Kier alpha value is -2.71. The van der Waals surface area contributed by atoms with Gasteiger partial charge in [0.1, 0.15) is 4.90 Å². The molecule has 0 unspecified atom stereocenters. The van der Waals surface area contributed by atoms with Crippen molar-refractivity contribution < 1.29 is 18.0 Å². The molecular weight excluding hydrogens is 390 g/mol. The van der Waals surface area contributed by atoms with Crippen LogP contribution in [0, 0.1) is 0 Å². The summed E-state index contributed by atoms with van der Waals surface area (Å²) < 4.78 is 26.2. The molecule has 0 aliphatic carbocycles. The van der Waals surface area contributed by atoms with Gasteiger partial charge in [0, 0.05) is 23.8 Å². The minimum absolute atomic E-state index is 0.0977. The van der Waals surface area contributed by atoms with Crippen molar-refractivity contribution in [3.05, 3.63) is 59.2 Å². The third-order valence-corrected chi connectivity index (χ3v) is 6.74. The number of hydrogen-bond donors (Lipinski definition) is 1. The number of amides is 2. The highest BCUT2D eigenvalue weighted by Gasteiger charge is 2.42. The van der Waals surface area contributed by atoms with Gasteiger partial charge in [-0.15, -0.1) is 0 Å². The smallest absolute Gasteiger partial charge is 0.269 e. The minimum atomic E-state index is -3.94. The molecule has 2 aromatic rings. The maximum absolute atomic E-state index is 12.7. The Balaban J connectivity index is 1.79. The third-order valence-electron chi connectivity index (χ3n) is 4.74. The Morgan fingerprint density at radius 1 is 1.10 bits per heavy atom. The van der Waals surface area contributed by atoms with Gasteiger partial charge >= 0.3 is 0 Å². The molecule has 154 valence electrons. The summed E-state index contributed by atoms with van der Waals surface area (Å²) in [5, 5.41) is 2.77. The molecule has 0 radical (unpaired) electrons. The predicted molar refractivity (Wildman–Crippen MR) is 112 cm³/mol. The number of nitrogens with one attached hydrogen (secondary N) is 1. The lowest BCUT2D eigenvalue weighted by Crippen LogP contribution is -2.36. The maximum Gasteiger partial charge on any atom is 0.269 e. The second-order valence-electron chi connectivity index (χ2n) is 7.62. The van der Waals surface area contributed by atoms with Crippen molar-refractivity contribution >= 4 is 27.5 Å². The SMILES string of the molecule is CC(C)N1C(=O)c2ccc(C(=O)Nc3ccc(CCN(C)C)cc3)cc2S1(=O)=O. The predicted octanol–water partition coefficient (Wildman–Crippen LogP) is 2.60. The van der Waals surface area contributed by atoms with E-state index in [0.29, 0.717) is 5.69 Å². The standard InChI is InChI=1S/C21H25N3O4S/c1-14(2)24-21(26)18-10-7-16(13-19(18)29(24,27)28)20(25)22-17-8-5-15(6-9-17)11-12-23(3)4/h5-10,13-14H,11-12H2,1-4H3,(H,22,25). The van der Waals surface area contributed by atoms with Gasteiger partial charge in [0.25, 0.3) is 21.8 Å². The zero-order valence-electron chi connectivity index (χ0n) is 17.0. The Labute approximate surface area is 171 Å². The van der Waals surface area contributed by atoms with E-state index in [9.17, 15) is 18.0 Å². The number of hydrogen-bond acceptors (Lipinski definition) is 5. The minimum Gasteiger partial charge on any atom is -0.322 e. The van der Waals surface area contributed by atoms with Crippen LogP contribution in [0.2, 0.25) is 0 Å². The number of benzene rings is 2. The van der Waals surface area contributed by atoms with Crippen LogP contribution in [0.4, 0.5) is 5.69 Å². The first kappa shape index (κ1) is 21.0. The summed E-state index contributed by atoms with van der Waals surface area (Å²) in [5.74, 6) is -0.991. The molecule has 3 rings (SSSR count). The van der Waals surface area contributed by atoms with E-state index in [-0.39, 0.29) is 16.0 Å². The Morgan fingerprint density at radius 3 is 2.34 bits per heavy atom. The molecule has 0 atom stereocenters. The molecular formula is C21H25N3O4S. The van der Waals surface area contributed by atoms with Crippen molar-refractivity contribution in [3.63, 3.8) is 0 Å². The first-order chi connectivity index (χ1) is 13.6. The van der Waals surface area contributed by atoms with E-state index in [1.165, 1.54) is 18.2 Å². The zero-order valence-corrected chi connectivity index (χ0v) is 17.8. The third kappa shape index (κ3) is 4.18. The van der Waals surface area contributed by atoms with Gasteiger partial charge in [0.15, 0.2) is 0 Å². The summed E-state index contributed by atoms with van der Waals surface area (Å²) in [6.45, 7) is 4.20. The van der Waals surface area contributed by atoms with Crippen LogP contribution in [0.3, 0.4) is 0 Å². The first-order valence-corrected chi connectivity index (χ1v) is 10.8. The first-order valence-electron chi connectivity index (χ1n) is 9.39. The molecule has 1 heterocycles. The van der Waals surface area contributed by atoms with Gasteiger partial charge in [-0.2, -0.15) is 0 Å². The van der Waals surface area contributed by atoms with Crippen LogP contribution in [0.15, 0.2) is 47.4 Å². The zero-order chi connectivity index (χ0) is 21.3. The van der Waals surface area contributed by atoms with Gasteiger partial charge in [-0.3, -0.25) is 9.59 Å². The Morgan fingerprint density at radius 2 is 1.76 bits per heavy atom.